The molecule has 1 heterocycles. The molecule has 27 heavy (non-hydrogen) atoms. The summed E-state index contributed by atoms with van der Waals surface area (Å²) >= 11 is 5.98. The van der Waals surface area contributed by atoms with Crippen LogP contribution in [0.2, 0.25) is 5.02 Å². The monoisotopic (exact) mass is 387 g/mol. The number of halogens is 1. The molecule has 144 valence electrons. The van der Waals surface area contributed by atoms with Crippen molar-refractivity contribution in [2.45, 2.75) is 6.42 Å². The number of anilines is 1. The summed E-state index contributed by atoms with van der Waals surface area (Å²) in [5, 5.41) is 3.73. The molecule has 3 rings (SSSR count). The summed E-state index contributed by atoms with van der Waals surface area (Å²) in [5.41, 5.74) is 2.33. The van der Waals surface area contributed by atoms with Gasteiger partial charge in [0.15, 0.2) is 0 Å². The molecule has 1 aliphatic rings. The number of amides is 1. The number of piperazine rings is 1. The van der Waals surface area contributed by atoms with Gasteiger partial charge in [-0.05, 0) is 48.4 Å². The van der Waals surface area contributed by atoms with Crippen molar-refractivity contribution in [3.05, 3.63) is 59.1 Å². The molecule has 1 aliphatic heterocycles. The highest BCUT2D eigenvalue weighted by Gasteiger charge is 2.19. The van der Waals surface area contributed by atoms with Crippen molar-refractivity contribution in [2.75, 3.05) is 51.3 Å². The lowest BCUT2D eigenvalue weighted by atomic mass is 10.1. The third-order valence-electron chi connectivity index (χ3n) is 4.80. The van der Waals surface area contributed by atoms with Crippen molar-refractivity contribution in [1.82, 2.24) is 10.2 Å². The maximum atomic E-state index is 12.2. The van der Waals surface area contributed by atoms with Crippen LogP contribution in [0.15, 0.2) is 48.5 Å². The molecule has 0 aromatic heterocycles. The highest BCUT2D eigenvalue weighted by molar-refractivity contribution is 6.30. The summed E-state index contributed by atoms with van der Waals surface area (Å²) in [6.45, 7) is 4.68. The van der Waals surface area contributed by atoms with Crippen LogP contribution in [0.5, 0.6) is 5.75 Å². The Hall–Kier alpha value is -2.24. The number of nitrogens with one attached hydrogen (secondary N) is 1. The number of ether oxygens (including phenoxy) is 1. The Labute approximate surface area is 165 Å². The van der Waals surface area contributed by atoms with Gasteiger partial charge in [-0.15, -0.1) is 0 Å². The van der Waals surface area contributed by atoms with Crippen molar-refractivity contribution >= 4 is 23.2 Å². The van der Waals surface area contributed by atoms with Crippen molar-refractivity contribution in [1.29, 1.82) is 0 Å². The van der Waals surface area contributed by atoms with Crippen LogP contribution in [-0.2, 0) is 11.2 Å². The maximum Gasteiger partial charge on any atom is 0.234 e. The van der Waals surface area contributed by atoms with Crippen LogP contribution >= 0.6 is 11.6 Å². The van der Waals surface area contributed by atoms with Crippen molar-refractivity contribution < 1.29 is 9.53 Å². The molecule has 2 aromatic carbocycles. The average molecular weight is 388 g/mol. The number of carbonyl (C=O) groups is 1. The Morgan fingerprint density at radius 1 is 1.11 bits per heavy atom. The zero-order valence-electron chi connectivity index (χ0n) is 15.7. The smallest absolute Gasteiger partial charge is 0.234 e. The minimum Gasteiger partial charge on any atom is -0.497 e. The van der Waals surface area contributed by atoms with E-state index in [0.29, 0.717) is 13.1 Å². The summed E-state index contributed by atoms with van der Waals surface area (Å²) in [5.74, 6) is 0.946. The van der Waals surface area contributed by atoms with Crippen LogP contribution in [0.4, 0.5) is 5.69 Å². The zero-order chi connectivity index (χ0) is 19.1. The van der Waals surface area contributed by atoms with Crippen molar-refractivity contribution in [2.24, 2.45) is 0 Å². The van der Waals surface area contributed by atoms with Crippen LogP contribution in [0.25, 0.3) is 0 Å². The fourth-order valence-electron chi connectivity index (χ4n) is 3.25. The zero-order valence-corrected chi connectivity index (χ0v) is 16.4. The van der Waals surface area contributed by atoms with Gasteiger partial charge in [0.2, 0.25) is 5.91 Å². The number of rotatable bonds is 7. The van der Waals surface area contributed by atoms with E-state index in [-0.39, 0.29) is 5.91 Å². The molecule has 0 saturated carbocycles. The molecule has 2 aromatic rings. The minimum atomic E-state index is 0.0786. The summed E-state index contributed by atoms with van der Waals surface area (Å²) in [7, 11) is 1.67. The van der Waals surface area contributed by atoms with E-state index >= 15 is 0 Å². The molecule has 6 heteroatoms. The number of benzene rings is 2. The fourth-order valence-corrected chi connectivity index (χ4v) is 3.47. The molecular formula is C21H26ClN3O2. The van der Waals surface area contributed by atoms with E-state index in [4.69, 9.17) is 16.3 Å². The predicted molar refractivity (Wildman–Crippen MR) is 110 cm³/mol. The highest BCUT2D eigenvalue weighted by atomic mass is 35.5. The first-order chi connectivity index (χ1) is 13.1. The SMILES string of the molecule is COc1ccc(N2CCN(CC(=O)NCCc3cccc(Cl)c3)CC2)cc1. The maximum absolute atomic E-state index is 12.2. The van der Waals surface area contributed by atoms with Gasteiger partial charge in [0.1, 0.15) is 5.75 Å². The lowest BCUT2D eigenvalue weighted by Gasteiger charge is -2.35. The quantitative estimate of drug-likeness (QED) is 0.793. The van der Waals surface area contributed by atoms with Crippen molar-refractivity contribution in [3.63, 3.8) is 0 Å². The van der Waals surface area contributed by atoms with Gasteiger partial charge in [-0.1, -0.05) is 23.7 Å². The molecule has 0 unspecified atom stereocenters. The lowest BCUT2D eigenvalue weighted by molar-refractivity contribution is -0.122. The number of nitrogens with zero attached hydrogens (tertiary/aromatic N) is 2. The number of methoxy groups -OCH3 is 1. The number of carbonyl (C=O) groups excluding carboxylic acids is 1. The fraction of sp³-hybridized carbons (Fsp3) is 0.381. The number of hydrogen-bond donors (Lipinski definition) is 1. The van der Waals surface area contributed by atoms with Crippen LogP contribution < -0.4 is 15.0 Å². The molecule has 1 fully saturated rings. The third kappa shape index (κ3) is 5.88. The van der Waals surface area contributed by atoms with E-state index in [2.05, 4.69) is 27.2 Å². The molecule has 0 spiro atoms. The lowest BCUT2D eigenvalue weighted by Crippen LogP contribution is -2.49. The van der Waals surface area contributed by atoms with Gasteiger partial charge in [-0.25, -0.2) is 0 Å². The van der Waals surface area contributed by atoms with Gasteiger partial charge in [0.05, 0.1) is 13.7 Å². The Morgan fingerprint density at radius 3 is 2.52 bits per heavy atom. The Kier molecular flexibility index (Phi) is 6.96. The first-order valence-corrected chi connectivity index (χ1v) is 9.64. The second-order valence-corrected chi connectivity index (χ2v) is 7.13. The molecule has 0 radical (unpaired) electrons. The predicted octanol–water partition coefficient (Wildman–Crippen LogP) is 2.83. The first-order valence-electron chi connectivity index (χ1n) is 9.26. The van der Waals surface area contributed by atoms with Gasteiger partial charge in [0, 0.05) is 43.4 Å². The van der Waals surface area contributed by atoms with Crippen LogP contribution in [0, 0.1) is 0 Å². The second-order valence-electron chi connectivity index (χ2n) is 6.69. The van der Waals surface area contributed by atoms with Crippen LogP contribution in [0.1, 0.15) is 5.56 Å². The Balaban J connectivity index is 1.37. The normalized spacial score (nSPS) is 14.8. The third-order valence-corrected chi connectivity index (χ3v) is 5.04. The molecule has 1 saturated heterocycles. The van der Waals surface area contributed by atoms with E-state index in [0.717, 1.165) is 48.9 Å². The molecule has 0 aliphatic carbocycles. The summed E-state index contributed by atoms with van der Waals surface area (Å²) in [6, 6.07) is 15.9. The van der Waals surface area contributed by atoms with Gasteiger partial charge in [-0.2, -0.15) is 0 Å². The van der Waals surface area contributed by atoms with Crippen LogP contribution in [0.3, 0.4) is 0 Å². The van der Waals surface area contributed by atoms with E-state index < -0.39 is 0 Å². The topological polar surface area (TPSA) is 44.8 Å². The minimum absolute atomic E-state index is 0.0786. The molecule has 1 N–H and O–H groups in total. The highest BCUT2D eigenvalue weighted by Crippen LogP contribution is 2.20. The Bertz CT molecular complexity index is 743. The summed E-state index contributed by atoms with van der Waals surface area (Å²) < 4.78 is 5.21. The molecule has 0 atom stereocenters. The standard InChI is InChI=1S/C21H26ClN3O2/c1-27-20-7-5-19(6-8-20)25-13-11-24(12-14-25)16-21(26)23-10-9-17-3-2-4-18(22)15-17/h2-8,15H,9-14,16H2,1H3,(H,23,26). The van der Waals surface area contributed by atoms with Crippen molar-refractivity contribution in [3.8, 4) is 5.75 Å². The number of hydrogen-bond acceptors (Lipinski definition) is 4. The van der Waals surface area contributed by atoms with Gasteiger partial charge >= 0.3 is 0 Å². The molecule has 5 nitrogen and oxygen atoms in total. The largest absolute Gasteiger partial charge is 0.497 e. The summed E-state index contributed by atoms with van der Waals surface area (Å²) in [6.07, 6.45) is 0.789. The molecule has 1 amide bonds. The van der Waals surface area contributed by atoms with Gasteiger partial charge in [0.25, 0.3) is 0 Å². The van der Waals surface area contributed by atoms with Gasteiger partial charge < -0.3 is 15.0 Å². The average Bonchev–Trinajstić information content (AvgIpc) is 2.69. The van der Waals surface area contributed by atoms with E-state index in [1.807, 2.05) is 36.4 Å². The second kappa shape index (κ2) is 9.62. The molecule has 0 bridgehead atoms. The molecular weight excluding hydrogens is 362 g/mol. The Morgan fingerprint density at radius 2 is 1.85 bits per heavy atom. The van der Waals surface area contributed by atoms with E-state index in [1.54, 1.807) is 7.11 Å². The van der Waals surface area contributed by atoms with E-state index in [9.17, 15) is 4.79 Å². The summed E-state index contributed by atoms with van der Waals surface area (Å²) in [4.78, 5) is 16.7. The van der Waals surface area contributed by atoms with E-state index in [1.165, 1.54) is 5.69 Å². The first kappa shape index (κ1) is 19.5. The van der Waals surface area contributed by atoms with Crippen LogP contribution in [-0.4, -0.2) is 57.2 Å². The van der Waals surface area contributed by atoms with Gasteiger partial charge in [-0.3, -0.25) is 9.69 Å².